The summed E-state index contributed by atoms with van der Waals surface area (Å²) in [7, 11) is 0. The molecular formula is C87H44O2. The molecular weight excluding hydrogens is 1080 g/mol. The Labute approximate surface area is 500 Å². The molecule has 5 aliphatic rings. The van der Waals surface area contributed by atoms with Crippen molar-refractivity contribution < 1.29 is 9.53 Å². The van der Waals surface area contributed by atoms with Crippen LogP contribution >= 0.6 is 0 Å². The Hall–Kier alpha value is -8.85. The first-order valence-corrected chi connectivity index (χ1v) is 35.3. The van der Waals surface area contributed by atoms with E-state index >= 15 is 0 Å². The highest BCUT2D eigenvalue weighted by molar-refractivity contribution is 6.82. The summed E-state index contributed by atoms with van der Waals surface area (Å²) < 4.78 is 6.36. The number of benzene rings is 19. The molecule has 1 saturated carbocycles. The smallest absolute Gasteiger partial charge is 0.305 e. The number of ether oxygens (including phenoxy) is 1. The highest BCUT2D eigenvalue weighted by Gasteiger charge is 2.94. The Kier molecular flexibility index (Phi) is 4.77. The average Bonchev–Trinajstić information content (AvgIpc) is 1.36. The summed E-state index contributed by atoms with van der Waals surface area (Å²) in [5, 5.41) is 88.9. The second-order valence-electron chi connectivity index (χ2n) is 32.2. The van der Waals surface area contributed by atoms with Crippen LogP contribution in [-0.4, -0.2) is 12.6 Å². The minimum Gasteiger partial charge on any atom is -0.466 e. The van der Waals surface area contributed by atoms with E-state index < -0.39 is 0 Å². The lowest BCUT2D eigenvalue weighted by atomic mass is 9.68. The van der Waals surface area contributed by atoms with E-state index in [0.29, 0.717) is 13.0 Å². The minimum absolute atomic E-state index is 0.0126. The fraction of sp³-hybridized carbons (Fsp3) is 0.253. The molecule has 2 spiro atoms. The van der Waals surface area contributed by atoms with Crippen LogP contribution < -0.4 is 0 Å². The van der Waals surface area contributed by atoms with Crippen molar-refractivity contribution in [1.29, 1.82) is 0 Å². The zero-order chi connectivity index (χ0) is 55.1. The summed E-state index contributed by atoms with van der Waals surface area (Å²) >= 11 is 0. The molecule has 0 N–H and O–H groups in total. The number of unbranched alkanes of at least 4 members (excludes halogenated alkanes) is 13. The van der Waals surface area contributed by atoms with Crippen molar-refractivity contribution in [1.82, 2.24) is 0 Å². The molecule has 2 nitrogen and oxygen atoms in total. The highest BCUT2D eigenvalue weighted by Crippen LogP contribution is 2.97. The van der Waals surface area contributed by atoms with Gasteiger partial charge in [0.15, 0.2) is 0 Å². The number of esters is 1. The average molecular weight is 1120 g/mol. The third-order valence-electron chi connectivity index (χ3n) is 30.5. The highest BCUT2D eigenvalue weighted by atomic mass is 16.5. The molecule has 0 saturated heterocycles. The fourth-order valence-electron chi connectivity index (χ4n) is 29.5. The van der Waals surface area contributed by atoms with Crippen molar-refractivity contribution in [3.63, 3.8) is 0 Å². The molecule has 0 aromatic heterocycles. The normalized spacial score (nSPS) is 21.6. The molecule has 0 amide bonds. The first kappa shape index (κ1) is 39.9. The molecule has 1 fully saturated rings. The van der Waals surface area contributed by atoms with Gasteiger partial charge in [-0.25, -0.2) is 0 Å². The van der Waals surface area contributed by atoms with Crippen molar-refractivity contribution in [2.24, 2.45) is 0 Å². The SMILES string of the molecule is CCCCCCCCCCCCCCCCOC(=O)CCCC1(c2ccccc2)C23c4c5c6c7c8c9c(c%10c%11c2c2c4c4c%12c5c5c6c6c8c8c%13c9c9c%10c%10c%11c%11c2c2c4c4c%12c%12c5c5c6c8c6c8c%13c9c9c%10c%10c%11c2c2c4c4c%12c5c6c5c8c9c%10c2c45)C713. The first-order valence-electron chi connectivity index (χ1n) is 35.3. The lowest BCUT2D eigenvalue weighted by Crippen LogP contribution is -2.27. The summed E-state index contributed by atoms with van der Waals surface area (Å²) in [5.41, 5.74) is 7.38. The third kappa shape index (κ3) is 2.69. The summed E-state index contributed by atoms with van der Waals surface area (Å²) in [6.45, 7) is 2.86. The second kappa shape index (κ2) is 10.6. The summed E-state index contributed by atoms with van der Waals surface area (Å²) in [6, 6.07) is 12.3. The van der Waals surface area contributed by atoms with Gasteiger partial charge in [-0.1, -0.05) is 121 Å². The van der Waals surface area contributed by atoms with E-state index in [0.717, 1.165) is 25.7 Å². The second-order valence-corrected chi connectivity index (χ2v) is 32.2. The Morgan fingerprint density at radius 3 is 0.719 bits per heavy atom. The van der Waals surface area contributed by atoms with Crippen LogP contribution in [0.1, 0.15) is 144 Å². The van der Waals surface area contributed by atoms with Gasteiger partial charge in [0, 0.05) is 22.7 Å². The summed E-state index contributed by atoms with van der Waals surface area (Å²) in [5.74, 6) is 0.0126. The quantitative estimate of drug-likeness (QED) is 0.0432. The van der Waals surface area contributed by atoms with Crippen molar-refractivity contribution in [3.8, 4) is 0 Å². The summed E-state index contributed by atoms with van der Waals surface area (Å²) in [4.78, 5) is 14.6. The summed E-state index contributed by atoms with van der Waals surface area (Å²) in [6.07, 6.45) is 20.8. The van der Waals surface area contributed by atoms with Crippen LogP contribution in [0.3, 0.4) is 0 Å². The van der Waals surface area contributed by atoms with Crippen molar-refractivity contribution >= 4 is 297 Å². The van der Waals surface area contributed by atoms with E-state index in [4.69, 9.17) is 4.74 Å². The van der Waals surface area contributed by atoms with Gasteiger partial charge in [-0.2, -0.15) is 0 Å². The fourth-order valence-corrected chi connectivity index (χ4v) is 29.5. The Bertz CT molecular complexity index is 7270. The van der Waals surface area contributed by atoms with Crippen molar-refractivity contribution in [2.45, 2.75) is 132 Å². The molecule has 5 aliphatic carbocycles. The maximum atomic E-state index is 14.6. The molecule has 29 aromatic carbocycles. The monoisotopic (exact) mass is 1120 g/mol. The van der Waals surface area contributed by atoms with Crippen LogP contribution in [0.15, 0.2) is 30.3 Å². The number of hydrogen-bond acceptors (Lipinski definition) is 2. The van der Waals surface area contributed by atoms with Gasteiger partial charge in [0.25, 0.3) is 0 Å². The molecule has 0 radical (unpaired) electrons. The molecule has 89 heavy (non-hydrogen) atoms. The van der Waals surface area contributed by atoms with E-state index in [-0.39, 0.29) is 22.2 Å². The zero-order valence-corrected chi connectivity index (χ0v) is 48.9. The van der Waals surface area contributed by atoms with E-state index in [9.17, 15) is 4.79 Å². The van der Waals surface area contributed by atoms with Gasteiger partial charge in [0.05, 0.1) is 6.61 Å². The van der Waals surface area contributed by atoms with Gasteiger partial charge in [0.2, 0.25) is 0 Å². The van der Waals surface area contributed by atoms with E-state index in [1.165, 1.54) is 82.6 Å². The third-order valence-corrected chi connectivity index (χ3v) is 30.5. The van der Waals surface area contributed by atoms with Gasteiger partial charge in [-0.3, -0.25) is 4.79 Å². The Balaban J connectivity index is 0.714. The lowest BCUT2D eigenvalue weighted by Gasteiger charge is -2.32. The van der Waals surface area contributed by atoms with Crippen molar-refractivity contribution in [3.05, 3.63) is 58.1 Å². The van der Waals surface area contributed by atoms with Gasteiger partial charge in [-0.15, -0.1) is 0 Å². The van der Waals surface area contributed by atoms with Gasteiger partial charge < -0.3 is 4.74 Å². The largest absolute Gasteiger partial charge is 0.466 e. The molecule has 0 heterocycles. The number of carbonyl (C=O) groups is 1. The van der Waals surface area contributed by atoms with E-state index in [1.54, 1.807) is 313 Å². The Morgan fingerprint density at radius 2 is 0.483 bits per heavy atom. The van der Waals surface area contributed by atoms with Crippen LogP contribution in [0.2, 0.25) is 0 Å². The minimum atomic E-state index is -0.356. The topological polar surface area (TPSA) is 26.3 Å². The van der Waals surface area contributed by atoms with E-state index in [1.807, 2.05) is 0 Å². The van der Waals surface area contributed by atoms with Crippen LogP contribution in [0.5, 0.6) is 0 Å². The van der Waals surface area contributed by atoms with Crippen molar-refractivity contribution in [2.75, 3.05) is 6.61 Å². The number of carbonyl (C=O) groups excluding carboxylic acids is 1. The maximum absolute atomic E-state index is 14.6. The molecule has 0 atom stereocenters. The standard InChI is InChI=1S/C87H44O2/c1-2-3-4-5-6-7-8-9-10-11-12-13-14-18-24-89-26(88)22-19-23-85(25-20-16-15-17-21-25)86-81-73-65-55-45-37-29-27-28-31-35-33(29)41-49-43(35)53-47-39(31)40-32(28)36-34-30(27)38(37)46-52-42(34)50-44(36)54-48(40)58-57(47)67-61(53)71-63(49)69(59(65)51(41)45)77(81)79(71)83-75(67)76-68(58)62(54)72-64(50)70-60(52)66(56(46)55)74(73)82(86)78(70)80(72)84(76)87(83,85)86/h15-17,20-21H,2-14,18-19,22-24H2,1H3. The predicted molar refractivity (Wildman–Crippen MR) is 377 cm³/mol. The Morgan fingerprint density at radius 1 is 0.270 bits per heavy atom. The molecule has 34 rings (SSSR count). The number of hydrogen-bond donors (Lipinski definition) is 0. The predicted octanol–water partition coefficient (Wildman–Crippen LogP) is 24.4. The van der Waals surface area contributed by atoms with Gasteiger partial charge in [-0.05, 0) is 338 Å². The van der Waals surface area contributed by atoms with Gasteiger partial charge >= 0.3 is 5.97 Å². The zero-order valence-electron chi connectivity index (χ0n) is 48.9. The molecule has 0 aliphatic heterocycles. The molecule has 0 unspecified atom stereocenters. The maximum Gasteiger partial charge on any atom is 0.305 e. The lowest BCUT2D eigenvalue weighted by molar-refractivity contribution is -0.143. The van der Waals surface area contributed by atoms with Crippen LogP contribution in [0.4, 0.5) is 0 Å². The van der Waals surface area contributed by atoms with Crippen LogP contribution in [0.25, 0.3) is 291 Å². The first-order chi connectivity index (χ1) is 44.3. The van der Waals surface area contributed by atoms with Crippen LogP contribution in [0, 0.1) is 0 Å². The molecule has 29 aromatic rings. The number of rotatable bonds is 20. The molecule has 404 valence electrons. The molecule has 0 bridgehead atoms. The van der Waals surface area contributed by atoms with Crippen LogP contribution in [-0.2, 0) is 25.8 Å². The van der Waals surface area contributed by atoms with Gasteiger partial charge in [0.1, 0.15) is 0 Å². The van der Waals surface area contributed by atoms with E-state index in [2.05, 4.69) is 37.3 Å². The molecule has 2 heteroatoms.